The standard InChI is InChI=1S/C18H19F4N5O2/c19-7-18(8-20,9-21)15-14-12(16(23)28)13(10-2-1-3-11(22)6-10)25-27(14)5-4-26(15)17(24)29/h1-3,6,15H,4-5,7-9H2,(H2,23,28)(H2,24,29). The third-order valence-corrected chi connectivity index (χ3v) is 5.12. The summed E-state index contributed by atoms with van der Waals surface area (Å²) in [6, 6.07) is 2.54. The average molecular weight is 413 g/mol. The van der Waals surface area contributed by atoms with Crippen molar-refractivity contribution in [1.82, 2.24) is 14.7 Å². The minimum atomic E-state index is -2.29. The second kappa shape index (κ2) is 7.72. The molecule has 1 aromatic carbocycles. The molecular formula is C18H19F4N5O2. The zero-order valence-corrected chi connectivity index (χ0v) is 15.2. The normalized spacial score (nSPS) is 16.6. The maximum absolute atomic E-state index is 13.9. The van der Waals surface area contributed by atoms with E-state index in [1.54, 1.807) is 0 Å². The fourth-order valence-corrected chi connectivity index (χ4v) is 3.67. The second-order valence-corrected chi connectivity index (χ2v) is 6.90. The van der Waals surface area contributed by atoms with Gasteiger partial charge in [-0.1, -0.05) is 12.1 Å². The number of halogens is 4. The highest BCUT2D eigenvalue weighted by molar-refractivity contribution is 6.00. The minimum absolute atomic E-state index is 0.0192. The number of carbonyl (C=O) groups is 2. The third-order valence-electron chi connectivity index (χ3n) is 5.12. The number of amides is 3. The van der Waals surface area contributed by atoms with Gasteiger partial charge in [0, 0.05) is 12.1 Å². The van der Waals surface area contributed by atoms with Gasteiger partial charge < -0.3 is 16.4 Å². The first kappa shape index (κ1) is 20.6. The molecule has 0 fully saturated rings. The van der Waals surface area contributed by atoms with Crippen LogP contribution in [0.4, 0.5) is 22.4 Å². The molecule has 11 heteroatoms. The SMILES string of the molecule is NC(=O)c1c(-c2cccc(F)c2)nn2c1C(C(CF)(CF)CF)N(C(N)=O)CC2. The summed E-state index contributed by atoms with van der Waals surface area (Å²) in [7, 11) is 0. The predicted octanol–water partition coefficient (Wildman–Crippen LogP) is 2.12. The molecule has 0 radical (unpaired) electrons. The molecule has 0 aliphatic carbocycles. The number of primary amides is 2. The lowest BCUT2D eigenvalue weighted by Crippen LogP contribution is -2.54. The van der Waals surface area contributed by atoms with Crippen LogP contribution in [0.15, 0.2) is 24.3 Å². The number of aromatic nitrogens is 2. The first-order valence-electron chi connectivity index (χ1n) is 8.70. The number of nitrogens with two attached hydrogens (primary N) is 2. The Kier molecular flexibility index (Phi) is 5.49. The van der Waals surface area contributed by atoms with Crippen LogP contribution in [0.25, 0.3) is 11.3 Å². The molecule has 1 atom stereocenters. The molecule has 156 valence electrons. The molecular weight excluding hydrogens is 394 g/mol. The summed E-state index contributed by atoms with van der Waals surface area (Å²) in [5, 5.41) is 4.25. The highest BCUT2D eigenvalue weighted by atomic mass is 19.2. The first-order chi connectivity index (χ1) is 13.8. The molecule has 1 aliphatic rings. The number of hydrogen-bond donors (Lipinski definition) is 2. The summed E-state index contributed by atoms with van der Waals surface area (Å²) in [5.74, 6) is -1.63. The van der Waals surface area contributed by atoms with Crippen LogP contribution in [-0.4, -0.2) is 53.2 Å². The van der Waals surface area contributed by atoms with Crippen LogP contribution in [0.2, 0.25) is 0 Å². The van der Waals surface area contributed by atoms with Gasteiger partial charge in [0.15, 0.2) is 0 Å². The highest BCUT2D eigenvalue weighted by Crippen LogP contribution is 2.45. The van der Waals surface area contributed by atoms with Crippen LogP contribution in [0, 0.1) is 11.2 Å². The van der Waals surface area contributed by atoms with E-state index in [-0.39, 0.29) is 35.6 Å². The van der Waals surface area contributed by atoms with E-state index in [1.807, 2.05) is 0 Å². The lowest BCUT2D eigenvalue weighted by Gasteiger charge is -2.44. The largest absolute Gasteiger partial charge is 0.365 e. The molecule has 2 aromatic rings. The van der Waals surface area contributed by atoms with Gasteiger partial charge in [-0.25, -0.2) is 9.18 Å². The van der Waals surface area contributed by atoms with Gasteiger partial charge in [-0.05, 0) is 12.1 Å². The topological polar surface area (TPSA) is 107 Å². The molecule has 4 N–H and O–H groups in total. The first-order valence-corrected chi connectivity index (χ1v) is 8.70. The Morgan fingerprint density at radius 1 is 1.14 bits per heavy atom. The number of fused-ring (bicyclic) bond motifs is 1. The van der Waals surface area contributed by atoms with Crippen molar-refractivity contribution in [2.75, 3.05) is 26.6 Å². The van der Waals surface area contributed by atoms with E-state index in [1.165, 1.54) is 22.9 Å². The van der Waals surface area contributed by atoms with Gasteiger partial charge in [0.1, 0.15) is 31.5 Å². The van der Waals surface area contributed by atoms with Crippen LogP contribution in [-0.2, 0) is 6.54 Å². The Morgan fingerprint density at radius 3 is 2.31 bits per heavy atom. The maximum atomic E-state index is 13.9. The monoisotopic (exact) mass is 413 g/mol. The number of alkyl halides is 3. The summed E-state index contributed by atoms with van der Waals surface area (Å²) in [4.78, 5) is 25.1. The number of urea groups is 1. The summed E-state index contributed by atoms with van der Waals surface area (Å²) < 4.78 is 56.6. The number of carbonyl (C=O) groups excluding carboxylic acids is 2. The van der Waals surface area contributed by atoms with E-state index in [2.05, 4.69) is 5.10 Å². The summed E-state index contributed by atoms with van der Waals surface area (Å²) in [6.45, 7) is -4.49. The van der Waals surface area contributed by atoms with E-state index in [0.29, 0.717) is 0 Å². The Labute approximate surface area is 163 Å². The molecule has 0 bridgehead atoms. The van der Waals surface area contributed by atoms with E-state index in [9.17, 15) is 27.2 Å². The van der Waals surface area contributed by atoms with Crippen molar-refractivity contribution in [2.24, 2.45) is 16.9 Å². The molecule has 1 aliphatic heterocycles. The predicted molar refractivity (Wildman–Crippen MR) is 95.5 cm³/mol. The van der Waals surface area contributed by atoms with Crippen molar-refractivity contribution in [2.45, 2.75) is 12.6 Å². The Morgan fingerprint density at radius 2 is 1.79 bits per heavy atom. The van der Waals surface area contributed by atoms with Crippen LogP contribution in [0.1, 0.15) is 22.1 Å². The summed E-state index contributed by atoms with van der Waals surface area (Å²) in [6.07, 6.45) is 0. The van der Waals surface area contributed by atoms with Crippen molar-refractivity contribution in [3.05, 3.63) is 41.3 Å². The van der Waals surface area contributed by atoms with E-state index >= 15 is 0 Å². The molecule has 0 saturated carbocycles. The van der Waals surface area contributed by atoms with Crippen LogP contribution < -0.4 is 11.5 Å². The summed E-state index contributed by atoms with van der Waals surface area (Å²) in [5.41, 5.74) is 8.33. The van der Waals surface area contributed by atoms with E-state index < -0.39 is 49.2 Å². The maximum Gasteiger partial charge on any atom is 0.315 e. The molecule has 29 heavy (non-hydrogen) atoms. The van der Waals surface area contributed by atoms with Gasteiger partial charge in [0.25, 0.3) is 5.91 Å². The van der Waals surface area contributed by atoms with Gasteiger partial charge in [-0.2, -0.15) is 5.10 Å². The van der Waals surface area contributed by atoms with E-state index in [0.717, 1.165) is 11.0 Å². The second-order valence-electron chi connectivity index (χ2n) is 6.90. The lowest BCUT2D eigenvalue weighted by molar-refractivity contribution is 0.00281. The number of nitrogens with zero attached hydrogens (tertiary/aromatic N) is 3. The summed E-state index contributed by atoms with van der Waals surface area (Å²) >= 11 is 0. The molecule has 7 nitrogen and oxygen atoms in total. The Hall–Kier alpha value is -3.11. The molecule has 1 aromatic heterocycles. The minimum Gasteiger partial charge on any atom is -0.365 e. The quantitative estimate of drug-likeness (QED) is 0.709. The van der Waals surface area contributed by atoms with Gasteiger partial charge in [0.2, 0.25) is 0 Å². The van der Waals surface area contributed by atoms with Crippen molar-refractivity contribution in [3.8, 4) is 11.3 Å². The van der Waals surface area contributed by atoms with Crippen molar-refractivity contribution in [3.63, 3.8) is 0 Å². The lowest BCUT2D eigenvalue weighted by atomic mass is 9.78. The van der Waals surface area contributed by atoms with Gasteiger partial charge >= 0.3 is 6.03 Å². The molecule has 0 saturated heterocycles. The smallest absolute Gasteiger partial charge is 0.315 e. The van der Waals surface area contributed by atoms with Crippen LogP contribution >= 0.6 is 0 Å². The molecule has 3 amide bonds. The Balaban J connectivity index is 2.32. The zero-order chi connectivity index (χ0) is 21.3. The Bertz CT molecular complexity index is 936. The number of hydrogen-bond acceptors (Lipinski definition) is 3. The molecule has 2 heterocycles. The fraction of sp³-hybridized carbons (Fsp3) is 0.389. The number of benzene rings is 1. The highest BCUT2D eigenvalue weighted by Gasteiger charge is 2.50. The molecule has 1 unspecified atom stereocenters. The molecule has 3 rings (SSSR count). The zero-order valence-electron chi connectivity index (χ0n) is 15.2. The number of rotatable bonds is 6. The van der Waals surface area contributed by atoms with Crippen molar-refractivity contribution < 1.29 is 27.2 Å². The van der Waals surface area contributed by atoms with Gasteiger partial charge in [0.05, 0.1) is 29.3 Å². The van der Waals surface area contributed by atoms with Crippen LogP contribution in [0.5, 0.6) is 0 Å². The van der Waals surface area contributed by atoms with Crippen LogP contribution in [0.3, 0.4) is 0 Å². The van der Waals surface area contributed by atoms with Gasteiger partial charge in [-0.15, -0.1) is 0 Å². The fourth-order valence-electron chi connectivity index (χ4n) is 3.67. The van der Waals surface area contributed by atoms with Crippen molar-refractivity contribution >= 4 is 11.9 Å². The molecule has 0 spiro atoms. The average Bonchev–Trinajstić information content (AvgIpc) is 3.09. The van der Waals surface area contributed by atoms with Gasteiger partial charge in [-0.3, -0.25) is 22.6 Å². The van der Waals surface area contributed by atoms with E-state index in [4.69, 9.17) is 11.5 Å². The third kappa shape index (κ3) is 3.30. The van der Waals surface area contributed by atoms with Crippen molar-refractivity contribution in [1.29, 1.82) is 0 Å².